The summed E-state index contributed by atoms with van der Waals surface area (Å²) in [5.74, 6) is 0.858. The van der Waals surface area contributed by atoms with E-state index in [4.69, 9.17) is 4.99 Å². The molecule has 8 nitrogen and oxygen atoms in total. The van der Waals surface area contributed by atoms with Gasteiger partial charge in [0.05, 0.1) is 16.9 Å². The highest BCUT2D eigenvalue weighted by Crippen LogP contribution is 2.16. The number of guanidine groups is 1. The van der Waals surface area contributed by atoms with Gasteiger partial charge in [-0.3, -0.25) is 14.5 Å². The molecule has 0 aromatic carbocycles. The van der Waals surface area contributed by atoms with Crippen LogP contribution in [0.15, 0.2) is 23.6 Å². The Hall–Kier alpha value is -2.42. The minimum Gasteiger partial charge on any atom is -0.357 e. The van der Waals surface area contributed by atoms with Crippen LogP contribution in [0, 0.1) is 0 Å². The fourth-order valence-corrected chi connectivity index (χ4v) is 3.84. The average molecular weight is 390 g/mol. The van der Waals surface area contributed by atoms with Crippen LogP contribution in [-0.2, 0) is 24.7 Å². The van der Waals surface area contributed by atoms with Crippen molar-refractivity contribution < 1.29 is 4.79 Å². The minimum atomic E-state index is 0.0624. The van der Waals surface area contributed by atoms with Crippen molar-refractivity contribution in [3.05, 3.63) is 28.5 Å². The Morgan fingerprint density at radius 2 is 2.19 bits per heavy atom. The minimum absolute atomic E-state index is 0.0624. The topological polar surface area (TPSA) is 78.7 Å². The van der Waals surface area contributed by atoms with E-state index in [0.717, 1.165) is 42.6 Å². The third kappa shape index (κ3) is 4.85. The Bertz CT molecular complexity index is 797. The fraction of sp³-hybridized carbons (Fsp3) is 0.556. The highest BCUT2D eigenvalue weighted by atomic mass is 32.1. The number of thiazole rings is 1. The van der Waals surface area contributed by atoms with Crippen molar-refractivity contribution in [3.8, 4) is 0 Å². The number of carbonyl (C=O) groups is 1. The summed E-state index contributed by atoms with van der Waals surface area (Å²) in [6.07, 6.45) is 7.39. The number of aromatic nitrogens is 3. The van der Waals surface area contributed by atoms with Gasteiger partial charge >= 0.3 is 0 Å². The lowest BCUT2D eigenvalue weighted by Crippen LogP contribution is -2.55. The first-order valence-electron chi connectivity index (χ1n) is 9.36. The van der Waals surface area contributed by atoms with Crippen LogP contribution in [-0.4, -0.2) is 64.3 Å². The molecule has 0 saturated carbocycles. The molecule has 1 aliphatic rings. The quantitative estimate of drug-likeness (QED) is 0.595. The lowest BCUT2D eigenvalue weighted by atomic mass is 10.3. The predicted octanol–water partition coefficient (Wildman–Crippen LogP) is 1.30. The number of piperazine rings is 1. The van der Waals surface area contributed by atoms with E-state index in [1.54, 1.807) is 27.1 Å². The van der Waals surface area contributed by atoms with E-state index >= 15 is 0 Å². The van der Waals surface area contributed by atoms with Gasteiger partial charge in [-0.2, -0.15) is 5.10 Å². The molecule has 2 aromatic heterocycles. The molecule has 0 unspecified atom stereocenters. The average Bonchev–Trinajstić information content (AvgIpc) is 3.29. The fourth-order valence-electron chi connectivity index (χ4n) is 2.98. The van der Waals surface area contributed by atoms with E-state index in [1.165, 1.54) is 4.88 Å². The third-order valence-electron chi connectivity index (χ3n) is 4.40. The molecule has 3 rings (SSSR count). The molecule has 0 bridgehead atoms. The first kappa shape index (κ1) is 19.3. The number of aryl methyl sites for hydroxylation is 2. The van der Waals surface area contributed by atoms with Crippen molar-refractivity contribution >= 4 is 28.9 Å². The predicted molar refractivity (Wildman–Crippen MR) is 108 cm³/mol. The molecular weight excluding hydrogens is 362 g/mol. The molecule has 1 saturated heterocycles. The van der Waals surface area contributed by atoms with E-state index in [1.807, 2.05) is 31.3 Å². The summed E-state index contributed by atoms with van der Waals surface area (Å²) in [6, 6.07) is 0. The van der Waals surface area contributed by atoms with E-state index in [-0.39, 0.29) is 5.91 Å². The molecule has 0 spiro atoms. The van der Waals surface area contributed by atoms with Gasteiger partial charge in [-0.25, -0.2) is 4.98 Å². The zero-order valence-electron chi connectivity index (χ0n) is 16.2. The molecule has 1 amide bonds. The first-order chi connectivity index (χ1) is 13.1. The SMILES string of the molecule is CCNC(=NCCc1ncc(CC)s1)N1CCN(c2cnn(C)c2)C(=O)C1. The van der Waals surface area contributed by atoms with Crippen molar-refractivity contribution in [3.63, 3.8) is 0 Å². The molecule has 0 radical (unpaired) electrons. The van der Waals surface area contributed by atoms with Crippen LogP contribution in [0.1, 0.15) is 23.7 Å². The van der Waals surface area contributed by atoms with Gasteiger partial charge in [0, 0.05) is 56.9 Å². The van der Waals surface area contributed by atoms with E-state index in [9.17, 15) is 4.79 Å². The normalized spacial score (nSPS) is 15.5. The number of amides is 1. The van der Waals surface area contributed by atoms with Crippen LogP contribution >= 0.6 is 11.3 Å². The zero-order chi connectivity index (χ0) is 19.2. The van der Waals surface area contributed by atoms with Crippen LogP contribution < -0.4 is 10.2 Å². The second-order valence-corrected chi connectivity index (χ2v) is 7.60. The summed E-state index contributed by atoms with van der Waals surface area (Å²) in [7, 11) is 1.85. The van der Waals surface area contributed by atoms with E-state index < -0.39 is 0 Å². The smallest absolute Gasteiger partial charge is 0.246 e. The molecule has 2 aromatic rings. The Morgan fingerprint density at radius 3 is 2.81 bits per heavy atom. The number of nitrogens with zero attached hydrogens (tertiary/aromatic N) is 6. The van der Waals surface area contributed by atoms with Crippen LogP contribution in [0.2, 0.25) is 0 Å². The second-order valence-electron chi connectivity index (χ2n) is 6.40. The maximum Gasteiger partial charge on any atom is 0.246 e. The molecule has 1 fully saturated rings. The molecule has 1 aliphatic heterocycles. The third-order valence-corrected chi connectivity index (χ3v) is 5.60. The van der Waals surface area contributed by atoms with Crippen molar-refractivity contribution in [2.75, 3.05) is 37.6 Å². The Balaban J connectivity index is 1.60. The highest BCUT2D eigenvalue weighted by molar-refractivity contribution is 7.11. The summed E-state index contributed by atoms with van der Waals surface area (Å²) in [6.45, 7) is 7.30. The van der Waals surface area contributed by atoms with E-state index in [0.29, 0.717) is 19.6 Å². The molecule has 27 heavy (non-hydrogen) atoms. The lowest BCUT2D eigenvalue weighted by Gasteiger charge is -2.35. The molecule has 146 valence electrons. The Labute approximate surface area is 163 Å². The Kier molecular flexibility index (Phi) is 6.44. The van der Waals surface area contributed by atoms with Crippen molar-refractivity contribution in [2.24, 2.45) is 12.0 Å². The van der Waals surface area contributed by atoms with Gasteiger partial charge in [0.1, 0.15) is 6.54 Å². The van der Waals surface area contributed by atoms with Gasteiger partial charge in [-0.05, 0) is 13.3 Å². The summed E-state index contributed by atoms with van der Waals surface area (Å²) in [5, 5.41) is 8.58. The largest absolute Gasteiger partial charge is 0.357 e. The molecule has 0 atom stereocenters. The van der Waals surface area contributed by atoms with Gasteiger partial charge in [0.25, 0.3) is 0 Å². The van der Waals surface area contributed by atoms with Crippen LogP contribution in [0.3, 0.4) is 0 Å². The number of carbonyl (C=O) groups excluding carboxylic acids is 1. The number of anilines is 1. The van der Waals surface area contributed by atoms with Crippen LogP contribution in [0.4, 0.5) is 5.69 Å². The molecular formula is C18H27N7OS. The molecule has 3 heterocycles. The van der Waals surface area contributed by atoms with Crippen molar-refractivity contribution in [1.29, 1.82) is 0 Å². The Morgan fingerprint density at radius 1 is 1.33 bits per heavy atom. The standard InChI is InChI=1S/C18H27N7OS/c1-4-15-11-21-16(27-15)6-7-20-18(19-5-2)24-8-9-25(17(26)13-24)14-10-22-23(3)12-14/h10-12H,4-9,13H2,1-3H3,(H,19,20). The van der Waals surface area contributed by atoms with Gasteiger partial charge in [0.2, 0.25) is 5.91 Å². The van der Waals surface area contributed by atoms with E-state index in [2.05, 4.69) is 22.3 Å². The number of aliphatic imine (C=N–C) groups is 1. The number of rotatable bonds is 6. The maximum atomic E-state index is 12.6. The maximum absolute atomic E-state index is 12.6. The summed E-state index contributed by atoms with van der Waals surface area (Å²) in [5.41, 5.74) is 0.847. The van der Waals surface area contributed by atoms with Gasteiger partial charge in [0.15, 0.2) is 5.96 Å². The number of hydrogen-bond donors (Lipinski definition) is 1. The molecule has 1 N–H and O–H groups in total. The summed E-state index contributed by atoms with van der Waals surface area (Å²) >= 11 is 1.75. The van der Waals surface area contributed by atoms with Gasteiger partial charge < -0.3 is 15.1 Å². The van der Waals surface area contributed by atoms with Gasteiger partial charge in [-0.1, -0.05) is 6.92 Å². The summed E-state index contributed by atoms with van der Waals surface area (Å²) < 4.78 is 1.71. The van der Waals surface area contributed by atoms with Crippen LogP contribution in [0.25, 0.3) is 0 Å². The zero-order valence-corrected chi connectivity index (χ0v) is 17.0. The van der Waals surface area contributed by atoms with Gasteiger partial charge in [-0.15, -0.1) is 11.3 Å². The summed E-state index contributed by atoms with van der Waals surface area (Å²) in [4.78, 5) is 26.9. The number of nitrogens with one attached hydrogen (secondary N) is 1. The lowest BCUT2D eigenvalue weighted by molar-refractivity contribution is -0.120. The van der Waals surface area contributed by atoms with Crippen LogP contribution in [0.5, 0.6) is 0 Å². The van der Waals surface area contributed by atoms with Crippen molar-refractivity contribution in [1.82, 2.24) is 25.0 Å². The number of hydrogen-bond acceptors (Lipinski definition) is 5. The second kappa shape index (κ2) is 8.98. The van der Waals surface area contributed by atoms with Crippen molar-refractivity contribution in [2.45, 2.75) is 26.7 Å². The first-order valence-corrected chi connectivity index (χ1v) is 10.2. The molecule has 9 heteroatoms. The highest BCUT2D eigenvalue weighted by Gasteiger charge is 2.27. The monoisotopic (exact) mass is 389 g/mol. The molecule has 0 aliphatic carbocycles.